The van der Waals surface area contributed by atoms with E-state index in [2.05, 4.69) is 378 Å². The average Bonchev–Trinajstić information content (AvgIpc) is 2.38. The zero-order valence-electron chi connectivity index (χ0n) is 49.9. The molecule has 12 aromatic carbocycles. The Morgan fingerprint density at radius 1 is 0.209 bits per heavy atom. The van der Waals surface area contributed by atoms with Gasteiger partial charge in [0.05, 0.1) is 0 Å². The molecule has 0 saturated carbocycles. The second-order valence-corrected chi connectivity index (χ2v) is 25.8. The molecule has 1 aliphatic heterocycles. The fourth-order valence-corrected chi connectivity index (χ4v) is 15.4. The minimum absolute atomic E-state index is 0.434. The van der Waals surface area contributed by atoms with Gasteiger partial charge >= 0.3 is 0 Å². The molecule has 436 valence electrons. The highest BCUT2D eigenvalue weighted by Gasteiger charge is 2.23. The van der Waals surface area contributed by atoms with Crippen molar-refractivity contribution in [2.45, 2.75) is 11.7 Å². The quantitative estimate of drug-likeness (QED) is 0.0847. The molecule has 14 aromatic rings. The van der Waals surface area contributed by atoms with Gasteiger partial charge in [-0.05, 0) is 210 Å². The normalized spacial score (nSPS) is 12.7. The van der Waals surface area contributed by atoms with Crippen molar-refractivity contribution in [3.05, 3.63) is 369 Å². The molecule has 0 radical (unpaired) electrons. The molecule has 4 nitrogen and oxygen atoms in total. The Hall–Kier alpha value is -10.7. The van der Waals surface area contributed by atoms with Crippen LogP contribution in [0.5, 0.6) is 0 Å². The molecule has 2 aromatic heterocycles. The standard InChI is InChI=1S/C84H62N4S3/c1-7-19-61(20-8-1)79-55-58-82(89-79)64-31-37-70(38-32-64)85(67-25-13-4-14-26-67)73-43-49-76(50-44-73)88(77-51-45-74(46-52-77)86(68-27-15-5-16-28-68)71-39-33-65(34-40-71)83-59-56-80(90-83)62-21-9-2-10-22-62)78-53-47-75(48-54-78)87(69-29-17-6-18-30-69)72-41-35-66(36-42-72)84-60-57-81(91-84)63-23-11-3-12-24-63/h1-56,58-60,81H,57H2. The van der Waals surface area contributed by atoms with Crippen LogP contribution in [0.3, 0.4) is 0 Å². The molecule has 0 bridgehead atoms. The van der Waals surface area contributed by atoms with Crippen LogP contribution < -0.4 is 19.6 Å². The van der Waals surface area contributed by atoms with E-state index in [0.717, 1.165) is 74.7 Å². The van der Waals surface area contributed by atoms with Crippen molar-refractivity contribution in [1.82, 2.24) is 0 Å². The molecule has 0 amide bonds. The minimum Gasteiger partial charge on any atom is -0.311 e. The molecule has 3 heterocycles. The number of hydrogen-bond donors (Lipinski definition) is 0. The molecule has 0 aliphatic carbocycles. The molecule has 7 heteroatoms. The number of hydrogen-bond acceptors (Lipinski definition) is 7. The summed E-state index contributed by atoms with van der Waals surface area (Å²) < 4.78 is 0. The third-order valence-electron chi connectivity index (χ3n) is 16.7. The van der Waals surface area contributed by atoms with E-state index in [1.807, 2.05) is 34.4 Å². The highest BCUT2D eigenvalue weighted by atomic mass is 32.2. The number of anilines is 12. The van der Waals surface area contributed by atoms with Crippen LogP contribution in [0, 0.1) is 0 Å². The van der Waals surface area contributed by atoms with Crippen molar-refractivity contribution >= 4 is 108 Å². The number of para-hydroxylation sites is 3. The number of thioether (sulfide) groups is 1. The first-order valence-electron chi connectivity index (χ1n) is 30.8. The fraction of sp³-hybridized carbons (Fsp3) is 0.0238. The third kappa shape index (κ3) is 12.3. The van der Waals surface area contributed by atoms with Gasteiger partial charge in [0.15, 0.2) is 0 Å². The molecule has 1 atom stereocenters. The summed E-state index contributed by atoms with van der Waals surface area (Å²) in [5, 5.41) is 0.434. The van der Waals surface area contributed by atoms with Crippen LogP contribution in [0.15, 0.2) is 358 Å². The zero-order valence-corrected chi connectivity index (χ0v) is 52.3. The molecule has 0 saturated heterocycles. The number of benzene rings is 12. The highest BCUT2D eigenvalue weighted by molar-refractivity contribution is 8.08. The van der Waals surface area contributed by atoms with Crippen molar-refractivity contribution in [3.63, 3.8) is 0 Å². The van der Waals surface area contributed by atoms with E-state index in [0.29, 0.717) is 5.25 Å². The van der Waals surface area contributed by atoms with Gasteiger partial charge in [-0.3, -0.25) is 0 Å². The van der Waals surface area contributed by atoms with E-state index in [1.54, 1.807) is 0 Å². The van der Waals surface area contributed by atoms with Crippen molar-refractivity contribution in [3.8, 4) is 41.8 Å². The minimum atomic E-state index is 0.434. The van der Waals surface area contributed by atoms with Crippen molar-refractivity contribution in [1.29, 1.82) is 0 Å². The lowest BCUT2D eigenvalue weighted by Gasteiger charge is -2.30. The number of thiophene rings is 2. The summed E-state index contributed by atoms with van der Waals surface area (Å²) in [5.41, 5.74) is 20.3. The van der Waals surface area contributed by atoms with E-state index in [-0.39, 0.29) is 0 Å². The first-order chi connectivity index (χ1) is 45.1. The fourth-order valence-electron chi connectivity index (χ4n) is 12.1. The summed E-state index contributed by atoms with van der Waals surface area (Å²) in [4.78, 5) is 15.7. The molecular weight excluding hydrogens is 1160 g/mol. The van der Waals surface area contributed by atoms with E-state index >= 15 is 0 Å². The van der Waals surface area contributed by atoms with Crippen LogP contribution >= 0.6 is 34.4 Å². The van der Waals surface area contributed by atoms with Gasteiger partial charge in [-0.25, -0.2) is 0 Å². The molecule has 1 unspecified atom stereocenters. The predicted octanol–water partition coefficient (Wildman–Crippen LogP) is 25.6. The maximum Gasteiger partial charge on any atom is 0.0463 e. The summed E-state index contributed by atoms with van der Waals surface area (Å²) in [6, 6.07) is 127. The van der Waals surface area contributed by atoms with Gasteiger partial charge in [-0.1, -0.05) is 188 Å². The molecule has 1 aliphatic rings. The monoisotopic (exact) mass is 1220 g/mol. The van der Waals surface area contributed by atoms with Gasteiger partial charge in [0.1, 0.15) is 0 Å². The lowest BCUT2D eigenvalue weighted by Crippen LogP contribution is -2.14. The first-order valence-corrected chi connectivity index (χ1v) is 33.3. The van der Waals surface area contributed by atoms with Crippen LogP contribution in [0.4, 0.5) is 68.2 Å². The SMILES string of the molecule is C1=C(c2ccc(N(c3ccccc3)c3ccc(N(c4ccc(N(c5ccccc5)c5ccc(-c6ccc(-c7ccccc7)s6)cc5)cc4)c4ccc(N(c5ccccc5)c5ccc(-c6ccc(-c7ccccc7)s6)cc5)cc4)cc3)cc2)SC(c2ccccc2)C1. The Kier molecular flexibility index (Phi) is 16.4. The van der Waals surface area contributed by atoms with E-state index < -0.39 is 0 Å². The highest BCUT2D eigenvalue weighted by Crippen LogP contribution is 2.50. The second-order valence-electron chi connectivity index (χ2n) is 22.4. The van der Waals surface area contributed by atoms with Gasteiger partial charge in [0, 0.05) is 97.9 Å². The Morgan fingerprint density at radius 3 is 0.714 bits per heavy atom. The number of allylic oxidation sites excluding steroid dienone is 1. The van der Waals surface area contributed by atoms with E-state index in [4.69, 9.17) is 0 Å². The molecule has 15 rings (SSSR count). The second kappa shape index (κ2) is 26.2. The largest absolute Gasteiger partial charge is 0.311 e. The maximum absolute atomic E-state index is 2.40. The molecule has 0 spiro atoms. The predicted molar refractivity (Wildman–Crippen MR) is 392 cm³/mol. The van der Waals surface area contributed by atoms with Gasteiger partial charge < -0.3 is 19.6 Å². The van der Waals surface area contributed by atoms with E-state index in [9.17, 15) is 0 Å². The van der Waals surface area contributed by atoms with Crippen molar-refractivity contribution < 1.29 is 0 Å². The van der Waals surface area contributed by atoms with Gasteiger partial charge in [0.25, 0.3) is 0 Å². The zero-order chi connectivity index (χ0) is 60.7. The van der Waals surface area contributed by atoms with Gasteiger partial charge in [-0.15, -0.1) is 34.4 Å². The Morgan fingerprint density at radius 2 is 0.429 bits per heavy atom. The smallest absolute Gasteiger partial charge is 0.0463 e. The summed E-state index contributed by atoms with van der Waals surface area (Å²) in [5.74, 6) is 0. The van der Waals surface area contributed by atoms with Crippen LogP contribution in [0.2, 0.25) is 0 Å². The Balaban J connectivity index is 0.771. The van der Waals surface area contributed by atoms with Gasteiger partial charge in [-0.2, -0.15) is 0 Å². The molecule has 91 heavy (non-hydrogen) atoms. The molecule has 0 N–H and O–H groups in total. The topological polar surface area (TPSA) is 13.0 Å². The average molecular weight is 1220 g/mol. The van der Waals surface area contributed by atoms with Crippen molar-refractivity contribution in [2.24, 2.45) is 0 Å². The van der Waals surface area contributed by atoms with Crippen molar-refractivity contribution in [2.75, 3.05) is 19.6 Å². The first kappa shape index (κ1) is 56.8. The number of nitrogens with zero attached hydrogens (tertiary/aromatic N) is 4. The maximum atomic E-state index is 2.40. The van der Waals surface area contributed by atoms with Gasteiger partial charge in [0.2, 0.25) is 0 Å². The van der Waals surface area contributed by atoms with Crippen LogP contribution in [0.25, 0.3) is 46.7 Å². The Labute approximate surface area is 545 Å². The van der Waals surface area contributed by atoms with E-state index in [1.165, 1.54) is 57.8 Å². The summed E-state index contributed by atoms with van der Waals surface area (Å²) in [6.45, 7) is 0. The lowest BCUT2D eigenvalue weighted by molar-refractivity contribution is 0.991. The summed E-state index contributed by atoms with van der Waals surface area (Å²) in [6.07, 6.45) is 3.43. The molecule has 0 fully saturated rings. The van der Waals surface area contributed by atoms with Crippen LogP contribution in [-0.2, 0) is 0 Å². The lowest BCUT2D eigenvalue weighted by atomic mass is 10.1. The number of rotatable bonds is 18. The molecular formula is C84H62N4S3. The Bertz CT molecular complexity index is 4490. The summed E-state index contributed by atoms with van der Waals surface area (Å²) in [7, 11) is 0. The van der Waals surface area contributed by atoms with Crippen LogP contribution in [-0.4, -0.2) is 0 Å². The third-order valence-corrected chi connectivity index (χ3v) is 20.4. The summed E-state index contributed by atoms with van der Waals surface area (Å²) >= 11 is 5.61. The van der Waals surface area contributed by atoms with Crippen LogP contribution in [0.1, 0.15) is 22.8 Å².